The summed E-state index contributed by atoms with van der Waals surface area (Å²) in [6.45, 7) is 2.60. The fourth-order valence-corrected chi connectivity index (χ4v) is 2.69. The first-order chi connectivity index (χ1) is 12.1. The van der Waals surface area contributed by atoms with Crippen molar-refractivity contribution in [1.82, 2.24) is 10.2 Å². The normalized spacial score (nSPS) is 11.0. The SMILES string of the molecule is CCCCCC/C=C\CCCCCCCCN(CC(=O)NC)C(=O)O. The summed E-state index contributed by atoms with van der Waals surface area (Å²) in [4.78, 5) is 23.5. The van der Waals surface area contributed by atoms with Gasteiger partial charge in [0, 0.05) is 13.6 Å². The monoisotopic (exact) mass is 354 g/mol. The van der Waals surface area contributed by atoms with Crippen molar-refractivity contribution in [2.75, 3.05) is 20.1 Å². The molecule has 0 aromatic rings. The lowest BCUT2D eigenvalue weighted by Crippen LogP contribution is -2.39. The van der Waals surface area contributed by atoms with Crippen molar-refractivity contribution in [2.24, 2.45) is 0 Å². The summed E-state index contributed by atoms with van der Waals surface area (Å²) in [5, 5.41) is 11.5. The number of hydrogen-bond donors (Lipinski definition) is 2. The number of allylic oxidation sites excluding steroid dienone is 2. The summed E-state index contributed by atoms with van der Waals surface area (Å²) in [6, 6.07) is 0. The number of likely N-dealkylation sites (N-methyl/N-ethyl adjacent to an activating group) is 1. The Morgan fingerprint density at radius 3 is 1.92 bits per heavy atom. The van der Waals surface area contributed by atoms with Crippen molar-refractivity contribution < 1.29 is 14.7 Å². The van der Waals surface area contributed by atoms with Crippen LogP contribution in [0.4, 0.5) is 4.79 Å². The first-order valence-electron chi connectivity index (χ1n) is 9.95. The molecule has 0 atom stereocenters. The minimum atomic E-state index is -1.02. The predicted molar refractivity (Wildman–Crippen MR) is 104 cm³/mol. The van der Waals surface area contributed by atoms with Gasteiger partial charge in [-0.15, -0.1) is 0 Å². The molecule has 25 heavy (non-hydrogen) atoms. The minimum absolute atomic E-state index is 0.0728. The topological polar surface area (TPSA) is 69.6 Å². The summed E-state index contributed by atoms with van der Waals surface area (Å²) < 4.78 is 0. The smallest absolute Gasteiger partial charge is 0.407 e. The van der Waals surface area contributed by atoms with E-state index in [-0.39, 0.29) is 12.5 Å². The molecule has 0 heterocycles. The summed E-state index contributed by atoms with van der Waals surface area (Å²) >= 11 is 0. The van der Waals surface area contributed by atoms with Gasteiger partial charge in [0.1, 0.15) is 6.54 Å². The molecule has 0 unspecified atom stereocenters. The molecule has 0 aromatic heterocycles. The van der Waals surface area contributed by atoms with Gasteiger partial charge in [-0.1, -0.05) is 64.0 Å². The standard InChI is InChI=1S/C20H38N2O3/c1-3-4-5-6-7-8-9-10-11-12-13-14-15-16-17-22(20(24)25)18-19(23)21-2/h8-9H,3-7,10-18H2,1-2H3,(H,21,23)(H,24,25)/b9-8-. The number of nitrogens with zero attached hydrogens (tertiary/aromatic N) is 1. The van der Waals surface area contributed by atoms with E-state index in [0.29, 0.717) is 6.54 Å². The van der Waals surface area contributed by atoms with E-state index in [0.717, 1.165) is 19.3 Å². The lowest BCUT2D eigenvalue weighted by atomic mass is 10.1. The molecule has 0 spiro atoms. The van der Waals surface area contributed by atoms with E-state index in [1.165, 1.54) is 69.7 Å². The van der Waals surface area contributed by atoms with Crippen LogP contribution in [0, 0.1) is 0 Å². The molecule has 0 rings (SSSR count). The molecule has 0 aliphatic heterocycles. The molecule has 5 nitrogen and oxygen atoms in total. The Hall–Kier alpha value is -1.52. The predicted octanol–water partition coefficient (Wildman–Crippen LogP) is 4.97. The molecule has 0 radical (unpaired) electrons. The van der Waals surface area contributed by atoms with Gasteiger partial charge in [-0.25, -0.2) is 4.79 Å². The third kappa shape index (κ3) is 15.7. The van der Waals surface area contributed by atoms with Gasteiger partial charge < -0.3 is 10.4 Å². The average molecular weight is 355 g/mol. The molecule has 0 aliphatic carbocycles. The van der Waals surface area contributed by atoms with Gasteiger partial charge in [0.15, 0.2) is 0 Å². The average Bonchev–Trinajstić information content (AvgIpc) is 2.60. The van der Waals surface area contributed by atoms with Gasteiger partial charge in [-0.05, 0) is 32.1 Å². The zero-order valence-electron chi connectivity index (χ0n) is 16.3. The third-order valence-electron chi connectivity index (χ3n) is 4.32. The highest BCUT2D eigenvalue weighted by molar-refractivity contribution is 5.81. The van der Waals surface area contributed by atoms with Crippen LogP contribution in [-0.2, 0) is 4.79 Å². The zero-order chi connectivity index (χ0) is 18.8. The molecule has 2 N–H and O–H groups in total. The first kappa shape index (κ1) is 23.5. The summed E-state index contributed by atoms with van der Waals surface area (Å²) in [5.41, 5.74) is 0. The van der Waals surface area contributed by atoms with Crippen LogP contribution in [0.2, 0.25) is 0 Å². The van der Waals surface area contributed by atoms with Crippen molar-refractivity contribution in [3.05, 3.63) is 12.2 Å². The number of unbranched alkanes of at least 4 members (excludes halogenated alkanes) is 10. The fraction of sp³-hybridized carbons (Fsp3) is 0.800. The van der Waals surface area contributed by atoms with Crippen LogP contribution >= 0.6 is 0 Å². The quantitative estimate of drug-likeness (QED) is 0.304. The summed E-state index contributed by atoms with van der Waals surface area (Å²) in [5.74, 6) is -0.263. The molecule has 0 aliphatic rings. The lowest BCUT2D eigenvalue weighted by Gasteiger charge is -2.17. The molecule has 0 saturated heterocycles. The molecular weight excluding hydrogens is 316 g/mol. The molecule has 2 amide bonds. The van der Waals surface area contributed by atoms with E-state index in [4.69, 9.17) is 5.11 Å². The first-order valence-corrected chi connectivity index (χ1v) is 9.95. The van der Waals surface area contributed by atoms with Crippen LogP contribution < -0.4 is 5.32 Å². The van der Waals surface area contributed by atoms with Gasteiger partial charge in [-0.2, -0.15) is 0 Å². The van der Waals surface area contributed by atoms with E-state index in [2.05, 4.69) is 24.4 Å². The zero-order valence-corrected chi connectivity index (χ0v) is 16.3. The minimum Gasteiger partial charge on any atom is -0.465 e. The molecule has 0 aromatic carbocycles. The summed E-state index contributed by atoms with van der Waals surface area (Å²) in [6.07, 6.45) is 18.0. The Kier molecular flexibility index (Phi) is 16.3. The largest absolute Gasteiger partial charge is 0.465 e. The maximum atomic E-state index is 11.3. The highest BCUT2D eigenvalue weighted by atomic mass is 16.4. The van der Waals surface area contributed by atoms with Crippen LogP contribution in [-0.4, -0.2) is 42.1 Å². The Balaban J connectivity index is 3.46. The van der Waals surface area contributed by atoms with Crippen LogP contribution in [0.5, 0.6) is 0 Å². The number of carbonyl (C=O) groups excluding carboxylic acids is 1. The van der Waals surface area contributed by atoms with Crippen molar-refractivity contribution in [2.45, 2.75) is 84.0 Å². The van der Waals surface area contributed by atoms with Crippen LogP contribution in [0.3, 0.4) is 0 Å². The highest BCUT2D eigenvalue weighted by Crippen LogP contribution is 2.09. The van der Waals surface area contributed by atoms with E-state index in [1.807, 2.05) is 0 Å². The van der Waals surface area contributed by atoms with Crippen LogP contribution in [0.25, 0.3) is 0 Å². The van der Waals surface area contributed by atoms with Gasteiger partial charge >= 0.3 is 6.09 Å². The molecular formula is C20H38N2O3. The Morgan fingerprint density at radius 2 is 1.40 bits per heavy atom. The summed E-state index contributed by atoms with van der Waals surface area (Å²) in [7, 11) is 1.52. The number of hydrogen-bond acceptors (Lipinski definition) is 2. The molecule has 0 fully saturated rings. The number of carbonyl (C=O) groups is 2. The van der Waals surface area contributed by atoms with E-state index in [9.17, 15) is 9.59 Å². The van der Waals surface area contributed by atoms with Gasteiger partial charge in [0.25, 0.3) is 0 Å². The number of carboxylic acid groups (broad SMARTS) is 1. The van der Waals surface area contributed by atoms with Crippen LogP contribution in [0.15, 0.2) is 12.2 Å². The molecule has 5 heteroatoms. The third-order valence-corrected chi connectivity index (χ3v) is 4.32. The van der Waals surface area contributed by atoms with Crippen molar-refractivity contribution in [1.29, 1.82) is 0 Å². The molecule has 0 saturated carbocycles. The van der Waals surface area contributed by atoms with Crippen molar-refractivity contribution in [3.8, 4) is 0 Å². The van der Waals surface area contributed by atoms with Crippen molar-refractivity contribution >= 4 is 12.0 Å². The second kappa shape index (κ2) is 17.3. The lowest BCUT2D eigenvalue weighted by molar-refractivity contribution is -0.121. The second-order valence-electron chi connectivity index (χ2n) is 6.61. The molecule has 0 bridgehead atoms. The van der Waals surface area contributed by atoms with Gasteiger partial charge in [0.05, 0.1) is 0 Å². The van der Waals surface area contributed by atoms with E-state index >= 15 is 0 Å². The second-order valence-corrected chi connectivity index (χ2v) is 6.61. The van der Waals surface area contributed by atoms with Crippen molar-refractivity contribution in [3.63, 3.8) is 0 Å². The molecule has 146 valence electrons. The number of amides is 2. The number of rotatable bonds is 16. The number of nitrogens with one attached hydrogen (secondary N) is 1. The van der Waals surface area contributed by atoms with E-state index < -0.39 is 6.09 Å². The maximum absolute atomic E-state index is 11.3. The Labute approximate surface area is 153 Å². The van der Waals surface area contributed by atoms with E-state index in [1.54, 1.807) is 0 Å². The highest BCUT2D eigenvalue weighted by Gasteiger charge is 2.14. The fourth-order valence-electron chi connectivity index (χ4n) is 2.69. The van der Waals surface area contributed by atoms with Gasteiger partial charge in [0.2, 0.25) is 5.91 Å². The Morgan fingerprint density at radius 1 is 0.880 bits per heavy atom. The van der Waals surface area contributed by atoms with Gasteiger partial charge in [-0.3, -0.25) is 9.69 Å². The van der Waals surface area contributed by atoms with Crippen LogP contribution in [0.1, 0.15) is 84.0 Å². The Bertz CT molecular complexity index is 370. The maximum Gasteiger partial charge on any atom is 0.407 e.